The van der Waals surface area contributed by atoms with Crippen molar-refractivity contribution in [2.24, 2.45) is 0 Å². The van der Waals surface area contributed by atoms with Gasteiger partial charge in [0.1, 0.15) is 11.9 Å². The maximum Gasteiger partial charge on any atom is 0.323 e. The Morgan fingerprint density at radius 1 is 1.06 bits per heavy atom. The number of amides is 1. The van der Waals surface area contributed by atoms with E-state index in [1.807, 2.05) is 18.2 Å². The fourth-order valence-electron chi connectivity index (χ4n) is 4.81. The fourth-order valence-corrected chi connectivity index (χ4v) is 4.81. The lowest BCUT2D eigenvalue weighted by Gasteiger charge is -2.37. The number of esters is 1. The third-order valence-electron chi connectivity index (χ3n) is 6.61. The highest BCUT2D eigenvalue weighted by atomic mass is 19.1. The number of piperidine rings is 1. The van der Waals surface area contributed by atoms with E-state index < -0.39 is 0 Å². The van der Waals surface area contributed by atoms with Crippen molar-refractivity contribution >= 4 is 11.9 Å². The Balaban J connectivity index is 1.45. The molecule has 2 heterocycles. The summed E-state index contributed by atoms with van der Waals surface area (Å²) in [5.74, 6) is -0.704. The van der Waals surface area contributed by atoms with Crippen molar-refractivity contribution in [1.29, 1.82) is 0 Å². The molecule has 4 rings (SSSR count). The van der Waals surface area contributed by atoms with Gasteiger partial charge in [0.15, 0.2) is 0 Å². The van der Waals surface area contributed by atoms with Crippen molar-refractivity contribution in [3.63, 3.8) is 0 Å². The first-order valence-corrected chi connectivity index (χ1v) is 11.1. The Bertz CT molecular complexity index is 957. The molecule has 2 aliphatic heterocycles. The summed E-state index contributed by atoms with van der Waals surface area (Å²) in [6.07, 6.45) is 2.55. The number of nitrogens with one attached hydrogen (secondary N) is 1. The molecule has 2 saturated heterocycles. The average Bonchev–Trinajstić information content (AvgIpc) is 3.23. The van der Waals surface area contributed by atoms with E-state index in [0.29, 0.717) is 24.6 Å². The molecule has 0 aromatic heterocycles. The van der Waals surface area contributed by atoms with E-state index >= 15 is 0 Å². The zero-order valence-corrected chi connectivity index (χ0v) is 18.6. The molecule has 2 aromatic rings. The van der Waals surface area contributed by atoms with Gasteiger partial charge < -0.3 is 15.0 Å². The Morgan fingerprint density at radius 3 is 2.47 bits per heavy atom. The second kappa shape index (κ2) is 9.79. The van der Waals surface area contributed by atoms with Crippen LogP contribution >= 0.6 is 0 Å². The summed E-state index contributed by atoms with van der Waals surface area (Å²) in [6.45, 7) is 2.64. The maximum atomic E-state index is 13.2. The van der Waals surface area contributed by atoms with Crippen LogP contribution in [-0.4, -0.2) is 73.6 Å². The van der Waals surface area contributed by atoms with Gasteiger partial charge in [0.25, 0.3) is 5.91 Å². The minimum Gasteiger partial charge on any atom is -0.468 e. The molecule has 2 fully saturated rings. The fraction of sp³-hybridized carbons (Fsp3) is 0.440. The van der Waals surface area contributed by atoms with Crippen LogP contribution in [0.4, 0.5) is 4.39 Å². The second-order valence-electron chi connectivity index (χ2n) is 8.76. The first-order valence-electron chi connectivity index (χ1n) is 11.1. The first kappa shape index (κ1) is 22.4. The van der Waals surface area contributed by atoms with Gasteiger partial charge in [-0.05, 0) is 74.8 Å². The van der Waals surface area contributed by atoms with Crippen molar-refractivity contribution in [2.75, 3.05) is 33.8 Å². The monoisotopic (exact) mass is 439 g/mol. The molecule has 0 spiro atoms. The number of hydrogen-bond acceptors (Lipinski definition) is 5. The number of likely N-dealkylation sites (tertiary alicyclic amines) is 2. The lowest BCUT2D eigenvalue weighted by Crippen LogP contribution is -2.49. The van der Waals surface area contributed by atoms with E-state index in [0.717, 1.165) is 37.1 Å². The summed E-state index contributed by atoms with van der Waals surface area (Å²) in [7, 11) is 3.53. The minimum atomic E-state index is -0.329. The number of carbonyl (C=O) groups excluding carboxylic acids is 2. The molecule has 2 aromatic carbocycles. The van der Waals surface area contributed by atoms with Crippen LogP contribution in [-0.2, 0) is 9.53 Å². The highest BCUT2D eigenvalue weighted by molar-refractivity contribution is 5.95. The van der Waals surface area contributed by atoms with Gasteiger partial charge in [-0.1, -0.05) is 24.3 Å². The highest BCUT2D eigenvalue weighted by Crippen LogP contribution is 2.27. The Kier molecular flexibility index (Phi) is 6.86. The summed E-state index contributed by atoms with van der Waals surface area (Å²) in [6, 6.07) is 13.4. The quantitative estimate of drug-likeness (QED) is 0.726. The van der Waals surface area contributed by atoms with Crippen LogP contribution in [0.25, 0.3) is 11.1 Å². The van der Waals surface area contributed by atoms with Gasteiger partial charge in [0.05, 0.1) is 7.11 Å². The van der Waals surface area contributed by atoms with Crippen LogP contribution in [0.1, 0.15) is 29.6 Å². The van der Waals surface area contributed by atoms with E-state index in [-0.39, 0.29) is 29.8 Å². The van der Waals surface area contributed by atoms with Crippen LogP contribution in [0.3, 0.4) is 0 Å². The van der Waals surface area contributed by atoms with E-state index in [1.54, 1.807) is 18.2 Å². The van der Waals surface area contributed by atoms with Gasteiger partial charge in [-0.2, -0.15) is 0 Å². The molecule has 1 N–H and O–H groups in total. The third kappa shape index (κ3) is 5.00. The number of halogens is 1. The zero-order chi connectivity index (χ0) is 22.7. The van der Waals surface area contributed by atoms with E-state index in [1.165, 1.54) is 19.2 Å². The van der Waals surface area contributed by atoms with Gasteiger partial charge in [0, 0.05) is 24.2 Å². The molecule has 0 bridgehead atoms. The van der Waals surface area contributed by atoms with Crippen LogP contribution in [0, 0.1) is 5.82 Å². The van der Waals surface area contributed by atoms with Gasteiger partial charge in [-0.25, -0.2) is 4.39 Å². The molecule has 2 atom stereocenters. The molecule has 1 amide bonds. The minimum absolute atomic E-state index is 0.124. The number of methoxy groups -OCH3 is 1. The van der Waals surface area contributed by atoms with Crippen molar-refractivity contribution < 1.29 is 18.7 Å². The lowest BCUT2D eigenvalue weighted by atomic mass is 10.0. The van der Waals surface area contributed by atoms with Crippen LogP contribution in [0.5, 0.6) is 0 Å². The maximum absolute atomic E-state index is 13.2. The molecule has 0 saturated carbocycles. The number of benzene rings is 2. The topological polar surface area (TPSA) is 61.9 Å². The number of rotatable bonds is 5. The number of hydrogen-bond donors (Lipinski definition) is 1. The second-order valence-corrected chi connectivity index (χ2v) is 8.76. The summed E-state index contributed by atoms with van der Waals surface area (Å²) < 4.78 is 18.3. The van der Waals surface area contributed by atoms with Gasteiger partial charge in [-0.15, -0.1) is 0 Å². The lowest BCUT2D eigenvalue weighted by molar-refractivity contribution is -0.147. The normalized spacial score (nSPS) is 22.6. The molecular weight excluding hydrogens is 409 g/mol. The molecule has 0 radical (unpaired) electrons. The molecule has 170 valence electrons. The van der Waals surface area contributed by atoms with E-state index in [9.17, 15) is 14.0 Å². The largest absolute Gasteiger partial charge is 0.468 e. The van der Waals surface area contributed by atoms with Crippen LogP contribution in [0.2, 0.25) is 0 Å². The van der Waals surface area contributed by atoms with Crippen molar-refractivity contribution in [1.82, 2.24) is 15.1 Å². The zero-order valence-electron chi connectivity index (χ0n) is 18.6. The molecular formula is C25H30FN3O3. The Morgan fingerprint density at radius 2 is 1.78 bits per heavy atom. The summed E-state index contributed by atoms with van der Waals surface area (Å²) in [5.41, 5.74) is 2.24. The predicted molar refractivity (Wildman–Crippen MR) is 121 cm³/mol. The highest BCUT2D eigenvalue weighted by Gasteiger charge is 2.42. The number of carbonyl (C=O) groups is 2. The third-order valence-corrected chi connectivity index (χ3v) is 6.61. The molecule has 32 heavy (non-hydrogen) atoms. The van der Waals surface area contributed by atoms with Crippen molar-refractivity contribution in [2.45, 2.75) is 37.4 Å². The summed E-state index contributed by atoms with van der Waals surface area (Å²) >= 11 is 0. The van der Waals surface area contributed by atoms with Gasteiger partial charge in [-0.3, -0.25) is 14.5 Å². The molecule has 0 aliphatic carbocycles. The molecule has 0 unspecified atom stereocenters. The molecule has 7 heteroatoms. The Hall–Kier alpha value is -2.77. The van der Waals surface area contributed by atoms with Crippen molar-refractivity contribution in [3.8, 4) is 11.1 Å². The van der Waals surface area contributed by atoms with E-state index in [2.05, 4.69) is 22.2 Å². The van der Waals surface area contributed by atoms with Crippen LogP contribution < -0.4 is 5.32 Å². The van der Waals surface area contributed by atoms with Crippen LogP contribution in [0.15, 0.2) is 48.5 Å². The van der Waals surface area contributed by atoms with Crippen molar-refractivity contribution in [3.05, 3.63) is 59.9 Å². The summed E-state index contributed by atoms with van der Waals surface area (Å²) in [5, 5.41) is 3.11. The number of nitrogens with zero attached hydrogens (tertiary/aromatic N) is 2. The SMILES string of the molecule is COC(=O)[C@@H]1C[C@@H](NC(=O)c2cccc(-c3ccc(F)cc3)c2)CN1C1CCN(C)CC1. The smallest absolute Gasteiger partial charge is 0.323 e. The van der Waals surface area contributed by atoms with E-state index in [4.69, 9.17) is 4.74 Å². The first-order chi connectivity index (χ1) is 15.4. The number of ether oxygens (including phenoxy) is 1. The average molecular weight is 440 g/mol. The molecule has 6 nitrogen and oxygen atoms in total. The molecule has 2 aliphatic rings. The standard InChI is InChI=1S/C25H30FN3O3/c1-28-12-10-22(11-13-28)29-16-21(15-23(29)25(31)32-2)27-24(30)19-5-3-4-18(14-19)17-6-8-20(26)9-7-17/h3-9,14,21-23H,10-13,15-16H2,1-2H3,(H,27,30)/t21-,23+/m1/s1. The summed E-state index contributed by atoms with van der Waals surface area (Å²) in [4.78, 5) is 30.0. The Labute approximate surface area is 188 Å². The van der Waals surface area contributed by atoms with Gasteiger partial charge >= 0.3 is 5.97 Å². The predicted octanol–water partition coefficient (Wildman–Crippen LogP) is 2.93. The van der Waals surface area contributed by atoms with Gasteiger partial charge in [0.2, 0.25) is 0 Å².